The summed E-state index contributed by atoms with van der Waals surface area (Å²) >= 11 is 1.86. The monoisotopic (exact) mass is 171 g/mol. The van der Waals surface area contributed by atoms with E-state index in [1.165, 1.54) is 24.4 Å². The molecule has 0 aromatic carbocycles. The SMILES string of the molecule is CCCCS[n+]1cc[nH]c1C. The Morgan fingerprint density at radius 3 is 3.00 bits per heavy atom. The van der Waals surface area contributed by atoms with Gasteiger partial charge in [0.25, 0.3) is 5.82 Å². The molecule has 0 aliphatic rings. The number of hydrogen-bond donors (Lipinski definition) is 1. The third-order valence-electron chi connectivity index (χ3n) is 1.56. The molecule has 0 spiro atoms. The molecule has 2 nitrogen and oxygen atoms in total. The lowest BCUT2D eigenvalue weighted by Crippen LogP contribution is -2.26. The van der Waals surface area contributed by atoms with E-state index < -0.39 is 0 Å². The molecule has 1 heterocycles. The van der Waals surface area contributed by atoms with E-state index in [1.54, 1.807) is 0 Å². The van der Waals surface area contributed by atoms with Crippen LogP contribution in [-0.2, 0) is 0 Å². The maximum atomic E-state index is 3.14. The first-order valence-corrected chi connectivity index (χ1v) is 4.97. The van der Waals surface area contributed by atoms with Gasteiger partial charge in [0, 0.05) is 12.7 Å². The van der Waals surface area contributed by atoms with E-state index in [9.17, 15) is 0 Å². The number of aromatic amines is 1. The van der Waals surface area contributed by atoms with Gasteiger partial charge in [-0.1, -0.05) is 13.3 Å². The zero-order chi connectivity index (χ0) is 8.10. The van der Waals surface area contributed by atoms with Gasteiger partial charge in [-0.3, -0.25) is 0 Å². The van der Waals surface area contributed by atoms with Crippen LogP contribution in [-0.4, -0.2) is 10.7 Å². The summed E-state index contributed by atoms with van der Waals surface area (Å²) in [4.78, 5) is 3.14. The summed E-state index contributed by atoms with van der Waals surface area (Å²) < 4.78 is 2.18. The van der Waals surface area contributed by atoms with Crippen LogP contribution < -0.4 is 3.97 Å². The first kappa shape index (κ1) is 8.65. The highest BCUT2D eigenvalue weighted by Crippen LogP contribution is 2.00. The highest BCUT2D eigenvalue weighted by molar-refractivity contribution is 7.92. The van der Waals surface area contributed by atoms with Crippen molar-refractivity contribution in [3.05, 3.63) is 18.2 Å². The van der Waals surface area contributed by atoms with Crippen molar-refractivity contribution in [2.75, 3.05) is 5.75 Å². The maximum Gasteiger partial charge on any atom is 0.262 e. The van der Waals surface area contributed by atoms with Crippen molar-refractivity contribution >= 4 is 11.9 Å². The van der Waals surface area contributed by atoms with Crippen LogP contribution >= 0.6 is 11.9 Å². The molecule has 1 N–H and O–H groups in total. The Kier molecular flexibility index (Phi) is 3.49. The lowest BCUT2D eigenvalue weighted by molar-refractivity contribution is -0.500. The van der Waals surface area contributed by atoms with E-state index in [1.807, 2.05) is 18.1 Å². The molecule has 0 bridgehead atoms. The van der Waals surface area contributed by atoms with Gasteiger partial charge in [-0.15, -0.1) is 0 Å². The number of nitrogens with one attached hydrogen (secondary N) is 1. The van der Waals surface area contributed by atoms with E-state index in [-0.39, 0.29) is 0 Å². The number of rotatable bonds is 4. The number of unbranched alkanes of at least 4 members (excludes halogenated alkanes) is 1. The second-order valence-corrected chi connectivity index (χ2v) is 3.62. The van der Waals surface area contributed by atoms with Crippen molar-refractivity contribution in [3.8, 4) is 0 Å². The average molecular weight is 171 g/mol. The average Bonchev–Trinajstić information content (AvgIpc) is 2.37. The molecule has 0 aliphatic carbocycles. The summed E-state index contributed by atoms with van der Waals surface area (Å²) in [6.07, 6.45) is 6.60. The number of nitrogens with zero attached hydrogens (tertiary/aromatic N) is 1. The minimum Gasteiger partial charge on any atom is -0.247 e. The third kappa shape index (κ3) is 2.58. The Labute approximate surface area is 72.2 Å². The third-order valence-corrected chi connectivity index (χ3v) is 2.71. The van der Waals surface area contributed by atoms with Crippen LogP contribution in [0.3, 0.4) is 0 Å². The molecule has 1 rings (SSSR count). The second kappa shape index (κ2) is 4.44. The fraction of sp³-hybridized carbons (Fsp3) is 0.625. The van der Waals surface area contributed by atoms with E-state index in [0.29, 0.717) is 0 Å². The van der Waals surface area contributed by atoms with Crippen LogP contribution in [0.25, 0.3) is 0 Å². The standard InChI is InChI=1S/C8H14N2S/c1-3-4-7-11-10-6-5-9-8(10)2/h5-6H,3-4,7H2,1-2H3/p+1. The lowest BCUT2D eigenvalue weighted by atomic mass is 10.4. The molecule has 11 heavy (non-hydrogen) atoms. The van der Waals surface area contributed by atoms with Gasteiger partial charge in [-0.05, 0) is 6.42 Å². The van der Waals surface area contributed by atoms with E-state index >= 15 is 0 Å². The van der Waals surface area contributed by atoms with E-state index in [4.69, 9.17) is 0 Å². The number of hydrogen-bond acceptors (Lipinski definition) is 1. The topological polar surface area (TPSA) is 19.7 Å². The van der Waals surface area contributed by atoms with Gasteiger partial charge in [0.2, 0.25) is 0 Å². The summed E-state index contributed by atoms with van der Waals surface area (Å²) in [6.45, 7) is 4.30. The van der Waals surface area contributed by atoms with Gasteiger partial charge in [-0.25, -0.2) is 4.98 Å². The minimum absolute atomic E-state index is 1.21. The molecule has 0 saturated carbocycles. The normalized spacial score (nSPS) is 10.4. The van der Waals surface area contributed by atoms with Crippen LogP contribution in [0.2, 0.25) is 0 Å². The fourth-order valence-electron chi connectivity index (χ4n) is 0.848. The van der Waals surface area contributed by atoms with E-state index in [0.717, 1.165) is 0 Å². The Morgan fingerprint density at radius 1 is 1.64 bits per heavy atom. The van der Waals surface area contributed by atoms with E-state index in [2.05, 4.69) is 29.0 Å². The maximum absolute atomic E-state index is 3.14. The fourth-order valence-corrected chi connectivity index (χ4v) is 1.86. The molecule has 0 atom stereocenters. The van der Waals surface area contributed by atoms with Gasteiger partial charge in [0.15, 0.2) is 0 Å². The highest BCUT2D eigenvalue weighted by Gasteiger charge is 2.03. The Balaban J connectivity index is 2.32. The number of aryl methyl sites for hydroxylation is 1. The Bertz CT molecular complexity index is 208. The number of imidazole rings is 1. The zero-order valence-corrected chi connectivity index (χ0v) is 7.95. The number of aromatic nitrogens is 2. The minimum atomic E-state index is 1.21. The first-order valence-electron chi connectivity index (χ1n) is 4.03. The summed E-state index contributed by atoms with van der Waals surface area (Å²) in [5.41, 5.74) is 0. The summed E-state index contributed by atoms with van der Waals surface area (Å²) in [5, 5.41) is 0. The van der Waals surface area contributed by atoms with Crippen LogP contribution in [0.1, 0.15) is 25.6 Å². The predicted molar refractivity (Wildman–Crippen MR) is 48.5 cm³/mol. The second-order valence-electron chi connectivity index (χ2n) is 2.56. The van der Waals surface area contributed by atoms with Crippen LogP contribution in [0.5, 0.6) is 0 Å². The zero-order valence-electron chi connectivity index (χ0n) is 7.13. The van der Waals surface area contributed by atoms with Crippen molar-refractivity contribution < 1.29 is 3.97 Å². The smallest absolute Gasteiger partial charge is 0.247 e. The summed E-state index contributed by atoms with van der Waals surface area (Å²) in [7, 11) is 0. The molecular weight excluding hydrogens is 156 g/mol. The van der Waals surface area contributed by atoms with Crippen molar-refractivity contribution in [3.63, 3.8) is 0 Å². The van der Waals surface area contributed by atoms with Crippen molar-refractivity contribution in [1.82, 2.24) is 4.98 Å². The molecule has 0 saturated heterocycles. The van der Waals surface area contributed by atoms with Gasteiger partial charge in [-0.2, -0.15) is 3.97 Å². The molecule has 0 amide bonds. The largest absolute Gasteiger partial charge is 0.262 e. The lowest BCUT2D eigenvalue weighted by Gasteiger charge is -1.93. The molecule has 1 aromatic heterocycles. The highest BCUT2D eigenvalue weighted by atomic mass is 32.2. The Hall–Kier alpha value is -0.440. The molecule has 0 radical (unpaired) electrons. The van der Waals surface area contributed by atoms with Gasteiger partial charge in [0.1, 0.15) is 12.4 Å². The molecule has 3 heteroatoms. The molecular formula is C8H15N2S+. The van der Waals surface area contributed by atoms with Crippen molar-refractivity contribution in [2.45, 2.75) is 26.7 Å². The predicted octanol–water partition coefficient (Wildman–Crippen LogP) is 1.91. The quantitative estimate of drug-likeness (QED) is 0.542. The van der Waals surface area contributed by atoms with Gasteiger partial charge in [0.05, 0.1) is 11.9 Å². The van der Waals surface area contributed by atoms with Crippen molar-refractivity contribution in [2.24, 2.45) is 0 Å². The van der Waals surface area contributed by atoms with Crippen LogP contribution in [0, 0.1) is 6.92 Å². The molecule has 0 aliphatic heterocycles. The molecule has 0 unspecified atom stereocenters. The van der Waals surface area contributed by atoms with Crippen LogP contribution in [0.15, 0.2) is 12.4 Å². The molecule has 0 fully saturated rings. The molecule has 1 aromatic rings. The van der Waals surface area contributed by atoms with Crippen molar-refractivity contribution in [1.29, 1.82) is 0 Å². The molecule has 62 valence electrons. The van der Waals surface area contributed by atoms with Gasteiger partial charge < -0.3 is 0 Å². The first-order chi connectivity index (χ1) is 5.34. The summed E-state index contributed by atoms with van der Waals surface area (Å²) in [6, 6.07) is 0. The summed E-state index contributed by atoms with van der Waals surface area (Å²) in [5.74, 6) is 2.42. The van der Waals surface area contributed by atoms with Gasteiger partial charge >= 0.3 is 0 Å². The van der Waals surface area contributed by atoms with Crippen LogP contribution in [0.4, 0.5) is 0 Å². The Morgan fingerprint density at radius 2 is 2.45 bits per heavy atom. The number of H-pyrrole nitrogens is 1.